The summed E-state index contributed by atoms with van der Waals surface area (Å²) in [6.07, 6.45) is 5.60. The van der Waals surface area contributed by atoms with Gasteiger partial charge in [-0.05, 0) is 44.0 Å². The van der Waals surface area contributed by atoms with Gasteiger partial charge in [0.05, 0.1) is 18.8 Å². The van der Waals surface area contributed by atoms with Crippen LogP contribution in [0.15, 0.2) is 36.4 Å². The Bertz CT molecular complexity index is 672. The van der Waals surface area contributed by atoms with Gasteiger partial charge >= 0.3 is 0 Å². The van der Waals surface area contributed by atoms with Gasteiger partial charge in [0.15, 0.2) is 0 Å². The van der Waals surface area contributed by atoms with Crippen molar-refractivity contribution in [1.29, 1.82) is 0 Å². The molecule has 1 aromatic heterocycles. The highest BCUT2D eigenvalue weighted by Gasteiger charge is 2.24. The van der Waals surface area contributed by atoms with Gasteiger partial charge < -0.3 is 4.74 Å². The quantitative estimate of drug-likeness (QED) is 0.847. The van der Waals surface area contributed by atoms with E-state index < -0.39 is 0 Å². The molecule has 4 heteroatoms. The van der Waals surface area contributed by atoms with Gasteiger partial charge in [-0.3, -0.25) is 9.58 Å². The van der Waals surface area contributed by atoms with E-state index in [1.54, 1.807) is 7.11 Å². The predicted molar refractivity (Wildman–Crippen MR) is 93.8 cm³/mol. The number of rotatable bonds is 5. The lowest BCUT2D eigenvalue weighted by Gasteiger charge is -2.15. The number of aromatic nitrogens is 2. The maximum Gasteiger partial charge on any atom is 0.118 e. The van der Waals surface area contributed by atoms with Crippen LogP contribution < -0.4 is 4.74 Å². The van der Waals surface area contributed by atoms with Crippen LogP contribution in [0.25, 0.3) is 6.08 Å². The van der Waals surface area contributed by atoms with Gasteiger partial charge in [-0.1, -0.05) is 24.3 Å². The van der Waals surface area contributed by atoms with Gasteiger partial charge in [0.2, 0.25) is 0 Å². The number of ether oxygens (including phenoxy) is 1. The fourth-order valence-electron chi connectivity index (χ4n) is 3.25. The van der Waals surface area contributed by atoms with E-state index >= 15 is 0 Å². The molecule has 4 nitrogen and oxygen atoms in total. The molecule has 1 aliphatic rings. The van der Waals surface area contributed by atoms with Crippen molar-refractivity contribution in [2.24, 2.45) is 0 Å². The van der Waals surface area contributed by atoms with Gasteiger partial charge in [-0.25, -0.2) is 0 Å². The first-order valence-corrected chi connectivity index (χ1v) is 8.21. The topological polar surface area (TPSA) is 30.3 Å². The van der Waals surface area contributed by atoms with Crippen LogP contribution in [0.3, 0.4) is 0 Å². The number of methoxy groups -OCH3 is 1. The Balaban J connectivity index is 1.53. The molecule has 2 aromatic rings. The van der Waals surface area contributed by atoms with Crippen molar-refractivity contribution < 1.29 is 4.74 Å². The Morgan fingerprint density at radius 1 is 1.26 bits per heavy atom. The number of aryl methyl sites for hydroxylation is 2. The summed E-state index contributed by atoms with van der Waals surface area (Å²) >= 11 is 0. The molecule has 1 aromatic carbocycles. The van der Waals surface area contributed by atoms with Crippen LogP contribution in [0.2, 0.25) is 0 Å². The van der Waals surface area contributed by atoms with Crippen molar-refractivity contribution in [3.8, 4) is 5.75 Å². The molecule has 1 unspecified atom stereocenters. The van der Waals surface area contributed by atoms with Crippen molar-refractivity contribution >= 4 is 6.08 Å². The summed E-state index contributed by atoms with van der Waals surface area (Å²) in [5.74, 6) is 0.898. The van der Waals surface area contributed by atoms with Crippen LogP contribution in [0.5, 0.6) is 5.75 Å². The molecule has 122 valence electrons. The molecular weight excluding hydrogens is 286 g/mol. The molecule has 1 atom stereocenters. The van der Waals surface area contributed by atoms with Gasteiger partial charge in [0, 0.05) is 25.3 Å². The smallest absolute Gasteiger partial charge is 0.118 e. The molecule has 2 heterocycles. The zero-order valence-electron chi connectivity index (χ0n) is 14.2. The molecule has 0 aliphatic carbocycles. The average molecular weight is 311 g/mol. The fraction of sp³-hybridized carbons (Fsp3) is 0.421. The zero-order valence-corrected chi connectivity index (χ0v) is 14.2. The molecule has 0 spiro atoms. The Kier molecular flexibility index (Phi) is 4.82. The summed E-state index contributed by atoms with van der Waals surface area (Å²) in [5, 5.41) is 4.63. The molecular formula is C19H25N3O. The SMILES string of the molecule is COc1ccc(/C=C/CN2CCC(n3nc(C)cc3C)C2)cc1. The highest BCUT2D eigenvalue weighted by molar-refractivity contribution is 5.50. The minimum atomic E-state index is 0.512. The number of hydrogen-bond acceptors (Lipinski definition) is 3. The molecule has 1 aliphatic heterocycles. The Morgan fingerprint density at radius 3 is 2.70 bits per heavy atom. The summed E-state index contributed by atoms with van der Waals surface area (Å²) in [6.45, 7) is 7.41. The lowest BCUT2D eigenvalue weighted by atomic mass is 10.2. The summed E-state index contributed by atoms with van der Waals surface area (Å²) < 4.78 is 7.38. The second-order valence-electron chi connectivity index (χ2n) is 6.25. The Hall–Kier alpha value is -2.07. The minimum absolute atomic E-state index is 0.512. The van der Waals surface area contributed by atoms with E-state index in [-0.39, 0.29) is 0 Å². The van der Waals surface area contributed by atoms with Crippen LogP contribution in [-0.2, 0) is 0 Å². The molecule has 1 saturated heterocycles. The summed E-state index contributed by atoms with van der Waals surface area (Å²) in [6, 6.07) is 10.8. The minimum Gasteiger partial charge on any atom is -0.497 e. The molecule has 0 N–H and O–H groups in total. The van der Waals surface area contributed by atoms with Crippen molar-refractivity contribution in [3.05, 3.63) is 53.4 Å². The van der Waals surface area contributed by atoms with Crippen molar-refractivity contribution in [2.45, 2.75) is 26.3 Å². The molecule has 1 fully saturated rings. The first kappa shape index (κ1) is 15.8. The van der Waals surface area contributed by atoms with Crippen molar-refractivity contribution in [2.75, 3.05) is 26.7 Å². The summed E-state index contributed by atoms with van der Waals surface area (Å²) in [4.78, 5) is 2.49. The lowest BCUT2D eigenvalue weighted by molar-refractivity contribution is 0.349. The van der Waals surface area contributed by atoms with E-state index in [9.17, 15) is 0 Å². The predicted octanol–water partition coefficient (Wildman–Crippen LogP) is 3.47. The second kappa shape index (κ2) is 7.01. The van der Waals surface area contributed by atoms with E-state index in [1.807, 2.05) is 12.1 Å². The van der Waals surface area contributed by atoms with Crippen molar-refractivity contribution in [1.82, 2.24) is 14.7 Å². The number of likely N-dealkylation sites (tertiary alicyclic amines) is 1. The number of nitrogens with zero attached hydrogens (tertiary/aromatic N) is 3. The van der Waals surface area contributed by atoms with Gasteiger partial charge in [-0.15, -0.1) is 0 Å². The van der Waals surface area contributed by atoms with E-state index in [4.69, 9.17) is 4.74 Å². The lowest BCUT2D eigenvalue weighted by Crippen LogP contribution is -2.22. The van der Waals surface area contributed by atoms with Crippen LogP contribution in [-0.4, -0.2) is 41.4 Å². The number of benzene rings is 1. The Labute approximate surface area is 138 Å². The summed E-state index contributed by atoms with van der Waals surface area (Å²) in [7, 11) is 1.69. The first-order chi connectivity index (χ1) is 11.2. The van der Waals surface area contributed by atoms with E-state index in [1.165, 1.54) is 17.7 Å². The maximum atomic E-state index is 5.18. The number of hydrogen-bond donors (Lipinski definition) is 0. The highest BCUT2D eigenvalue weighted by Crippen LogP contribution is 2.23. The van der Waals surface area contributed by atoms with E-state index in [0.29, 0.717) is 6.04 Å². The molecule has 23 heavy (non-hydrogen) atoms. The van der Waals surface area contributed by atoms with Crippen LogP contribution in [0, 0.1) is 13.8 Å². The Morgan fingerprint density at radius 2 is 2.04 bits per heavy atom. The zero-order chi connectivity index (χ0) is 16.2. The molecule has 0 saturated carbocycles. The summed E-state index contributed by atoms with van der Waals surface area (Å²) in [5.41, 5.74) is 3.59. The van der Waals surface area contributed by atoms with E-state index in [2.05, 4.69) is 58.9 Å². The molecule has 0 bridgehead atoms. The average Bonchev–Trinajstić information content (AvgIpc) is 3.14. The van der Waals surface area contributed by atoms with Crippen LogP contribution in [0.4, 0.5) is 0 Å². The largest absolute Gasteiger partial charge is 0.497 e. The van der Waals surface area contributed by atoms with Gasteiger partial charge in [0.1, 0.15) is 5.75 Å². The van der Waals surface area contributed by atoms with Crippen molar-refractivity contribution in [3.63, 3.8) is 0 Å². The normalized spacial score (nSPS) is 18.8. The second-order valence-corrected chi connectivity index (χ2v) is 6.25. The molecule has 0 amide bonds. The van der Waals surface area contributed by atoms with Gasteiger partial charge in [-0.2, -0.15) is 5.10 Å². The monoisotopic (exact) mass is 311 g/mol. The van der Waals surface area contributed by atoms with E-state index in [0.717, 1.165) is 31.1 Å². The highest BCUT2D eigenvalue weighted by atomic mass is 16.5. The third kappa shape index (κ3) is 3.82. The first-order valence-electron chi connectivity index (χ1n) is 8.21. The standard InChI is InChI=1S/C19H25N3O/c1-15-13-16(2)22(20-15)18-10-12-21(14-18)11-4-5-17-6-8-19(23-3)9-7-17/h4-9,13,18H,10-12,14H2,1-3H3/b5-4+. The van der Waals surface area contributed by atoms with Crippen LogP contribution >= 0.6 is 0 Å². The molecule has 3 rings (SSSR count). The third-order valence-electron chi connectivity index (χ3n) is 4.43. The third-order valence-corrected chi connectivity index (χ3v) is 4.43. The maximum absolute atomic E-state index is 5.18. The molecule has 0 radical (unpaired) electrons. The fourth-order valence-corrected chi connectivity index (χ4v) is 3.25. The van der Waals surface area contributed by atoms with Crippen LogP contribution in [0.1, 0.15) is 29.4 Å². The van der Waals surface area contributed by atoms with Gasteiger partial charge in [0.25, 0.3) is 0 Å².